The molecule has 2 aromatic carbocycles. The lowest BCUT2D eigenvalue weighted by molar-refractivity contribution is -0.122. The zero-order valence-corrected chi connectivity index (χ0v) is 20.1. The molecule has 1 aliphatic heterocycles. The van der Waals surface area contributed by atoms with Crippen LogP contribution in [0.1, 0.15) is 38.9 Å². The Labute approximate surface area is 206 Å². The number of hydrogen-bond acceptors (Lipinski definition) is 7. The minimum Gasteiger partial charge on any atom is -0.497 e. The average Bonchev–Trinajstić information content (AvgIpc) is 3.49. The first-order valence-corrected chi connectivity index (χ1v) is 11.9. The second-order valence-electron chi connectivity index (χ2n) is 7.80. The molecule has 1 fully saturated rings. The van der Waals surface area contributed by atoms with Gasteiger partial charge in [-0.2, -0.15) is 0 Å². The molecule has 8 nitrogen and oxygen atoms in total. The first kappa shape index (κ1) is 24.2. The molecule has 1 atom stereocenters. The largest absolute Gasteiger partial charge is 0.497 e. The number of hydrogen-bond donors (Lipinski definition) is 0. The number of nitrogens with zero attached hydrogens (tertiary/aromatic N) is 2. The fourth-order valence-electron chi connectivity index (χ4n) is 3.89. The molecule has 180 valence electrons. The van der Waals surface area contributed by atoms with Crippen LogP contribution < -0.4 is 9.64 Å². The van der Waals surface area contributed by atoms with E-state index in [1.165, 1.54) is 47.6 Å². The zero-order valence-electron chi connectivity index (χ0n) is 19.3. The predicted molar refractivity (Wildman–Crippen MR) is 130 cm³/mol. The standard InChI is InChI=1S/C26H24N2O6S/c1-3-34-26(32)18-6-10-19(11-7-18)28-23(29)15-22(25(28)31)27(16-21-5-4-14-35-21)24(30)17-8-12-20(33-2)13-9-17/h4-14,22H,3,15-16H2,1-2H3. The summed E-state index contributed by atoms with van der Waals surface area (Å²) in [6.45, 7) is 2.15. The summed E-state index contributed by atoms with van der Waals surface area (Å²) in [6, 6.07) is 15.5. The number of amides is 3. The van der Waals surface area contributed by atoms with Gasteiger partial charge in [0.25, 0.3) is 11.8 Å². The quantitative estimate of drug-likeness (QED) is 0.350. The number of rotatable bonds is 8. The summed E-state index contributed by atoms with van der Waals surface area (Å²) >= 11 is 1.47. The summed E-state index contributed by atoms with van der Waals surface area (Å²) in [7, 11) is 1.54. The molecule has 0 aliphatic carbocycles. The molecule has 9 heteroatoms. The third kappa shape index (κ3) is 5.09. The van der Waals surface area contributed by atoms with Gasteiger partial charge in [-0.3, -0.25) is 14.4 Å². The predicted octanol–water partition coefficient (Wildman–Crippen LogP) is 3.91. The maximum atomic E-state index is 13.5. The molecule has 0 N–H and O–H groups in total. The highest BCUT2D eigenvalue weighted by Crippen LogP contribution is 2.29. The minimum atomic E-state index is -0.955. The Balaban J connectivity index is 1.61. The molecule has 3 amide bonds. The molecule has 4 rings (SSSR count). The van der Waals surface area contributed by atoms with Crippen molar-refractivity contribution in [3.05, 3.63) is 82.0 Å². The van der Waals surface area contributed by atoms with Gasteiger partial charge in [-0.1, -0.05) is 6.07 Å². The molecule has 1 unspecified atom stereocenters. The van der Waals surface area contributed by atoms with E-state index in [1.54, 1.807) is 31.2 Å². The Morgan fingerprint density at radius 3 is 2.31 bits per heavy atom. The van der Waals surface area contributed by atoms with E-state index in [0.29, 0.717) is 22.6 Å². The molecular weight excluding hydrogens is 468 g/mol. The molecule has 3 aromatic rings. The normalized spacial score (nSPS) is 15.3. The van der Waals surface area contributed by atoms with E-state index in [0.717, 1.165) is 9.78 Å². The van der Waals surface area contributed by atoms with Gasteiger partial charge in [-0.15, -0.1) is 11.3 Å². The lowest BCUT2D eigenvalue weighted by atomic mass is 10.1. The number of ether oxygens (including phenoxy) is 2. The van der Waals surface area contributed by atoms with Crippen LogP contribution in [0.5, 0.6) is 5.75 Å². The number of esters is 1. The van der Waals surface area contributed by atoms with Gasteiger partial charge in [-0.05, 0) is 66.9 Å². The van der Waals surface area contributed by atoms with Crippen LogP contribution in [0.15, 0.2) is 66.0 Å². The maximum Gasteiger partial charge on any atom is 0.338 e. The van der Waals surface area contributed by atoms with Crippen molar-refractivity contribution in [2.45, 2.75) is 25.9 Å². The van der Waals surface area contributed by atoms with Crippen molar-refractivity contribution in [1.82, 2.24) is 4.90 Å². The molecule has 0 radical (unpaired) electrons. The van der Waals surface area contributed by atoms with E-state index >= 15 is 0 Å². The molecular formula is C26H24N2O6S. The maximum absolute atomic E-state index is 13.5. The van der Waals surface area contributed by atoms with Gasteiger partial charge in [-0.25, -0.2) is 9.69 Å². The molecule has 35 heavy (non-hydrogen) atoms. The third-order valence-electron chi connectivity index (χ3n) is 5.64. The van der Waals surface area contributed by atoms with Crippen LogP contribution in [0.4, 0.5) is 5.69 Å². The summed E-state index contributed by atoms with van der Waals surface area (Å²) in [5, 5.41) is 1.89. The molecule has 0 bridgehead atoms. The van der Waals surface area contributed by atoms with Crippen molar-refractivity contribution in [3.8, 4) is 5.75 Å². The first-order valence-electron chi connectivity index (χ1n) is 11.0. The fraction of sp³-hybridized carbons (Fsp3) is 0.231. The lowest BCUT2D eigenvalue weighted by Gasteiger charge is -2.27. The molecule has 1 aromatic heterocycles. The Morgan fingerprint density at radius 2 is 1.71 bits per heavy atom. The molecule has 0 saturated carbocycles. The zero-order chi connectivity index (χ0) is 24.9. The van der Waals surface area contributed by atoms with Crippen molar-refractivity contribution in [2.24, 2.45) is 0 Å². The fourth-order valence-corrected chi connectivity index (χ4v) is 4.59. The Kier molecular flexibility index (Phi) is 7.26. The van der Waals surface area contributed by atoms with Crippen LogP contribution >= 0.6 is 11.3 Å². The van der Waals surface area contributed by atoms with Gasteiger partial charge >= 0.3 is 5.97 Å². The molecule has 0 spiro atoms. The van der Waals surface area contributed by atoms with Crippen LogP contribution in [0.3, 0.4) is 0 Å². The van der Waals surface area contributed by atoms with E-state index in [1.807, 2.05) is 17.5 Å². The highest BCUT2D eigenvalue weighted by atomic mass is 32.1. The van der Waals surface area contributed by atoms with Gasteiger partial charge in [0.15, 0.2) is 0 Å². The van der Waals surface area contributed by atoms with E-state index in [-0.39, 0.29) is 25.5 Å². The number of anilines is 1. The van der Waals surface area contributed by atoms with E-state index in [2.05, 4.69) is 0 Å². The Hall–Kier alpha value is -3.98. The highest BCUT2D eigenvalue weighted by Gasteiger charge is 2.44. The van der Waals surface area contributed by atoms with Gasteiger partial charge in [0.1, 0.15) is 11.8 Å². The number of imide groups is 1. The molecule has 2 heterocycles. The van der Waals surface area contributed by atoms with E-state index < -0.39 is 23.8 Å². The van der Waals surface area contributed by atoms with Crippen molar-refractivity contribution in [2.75, 3.05) is 18.6 Å². The summed E-state index contributed by atoms with van der Waals surface area (Å²) in [6.07, 6.45) is -0.133. The second-order valence-corrected chi connectivity index (χ2v) is 8.83. The van der Waals surface area contributed by atoms with Gasteiger partial charge < -0.3 is 14.4 Å². The number of methoxy groups -OCH3 is 1. The van der Waals surface area contributed by atoms with Crippen LogP contribution in [-0.4, -0.2) is 48.3 Å². The minimum absolute atomic E-state index is 0.133. The highest BCUT2D eigenvalue weighted by molar-refractivity contribution is 7.09. The number of thiophene rings is 1. The molecule has 1 aliphatic rings. The van der Waals surface area contributed by atoms with Gasteiger partial charge in [0.05, 0.1) is 37.9 Å². The Bertz CT molecular complexity index is 1220. The Morgan fingerprint density at radius 1 is 1.03 bits per heavy atom. The van der Waals surface area contributed by atoms with Gasteiger partial charge in [0, 0.05) is 10.4 Å². The smallest absolute Gasteiger partial charge is 0.338 e. The summed E-state index contributed by atoms with van der Waals surface area (Å²) in [5.41, 5.74) is 1.05. The van der Waals surface area contributed by atoms with Crippen LogP contribution in [0.25, 0.3) is 0 Å². The van der Waals surface area contributed by atoms with Crippen molar-refractivity contribution < 1.29 is 28.7 Å². The van der Waals surface area contributed by atoms with Crippen molar-refractivity contribution in [1.29, 1.82) is 0 Å². The SMILES string of the molecule is CCOC(=O)c1ccc(N2C(=O)CC(N(Cc3cccs3)C(=O)c3ccc(OC)cc3)C2=O)cc1. The van der Waals surface area contributed by atoms with Crippen molar-refractivity contribution >= 4 is 40.7 Å². The van der Waals surface area contributed by atoms with Crippen molar-refractivity contribution in [3.63, 3.8) is 0 Å². The number of benzene rings is 2. The summed E-state index contributed by atoms with van der Waals surface area (Å²) in [4.78, 5) is 55.2. The van der Waals surface area contributed by atoms with Crippen LogP contribution in [-0.2, 0) is 20.9 Å². The monoisotopic (exact) mass is 492 g/mol. The number of carbonyl (C=O) groups is 4. The van der Waals surface area contributed by atoms with Gasteiger partial charge in [0.2, 0.25) is 5.91 Å². The third-order valence-corrected chi connectivity index (χ3v) is 6.50. The lowest BCUT2D eigenvalue weighted by Crippen LogP contribution is -2.45. The topological polar surface area (TPSA) is 93.2 Å². The summed E-state index contributed by atoms with van der Waals surface area (Å²) in [5.74, 6) is -1.13. The number of carbonyl (C=O) groups excluding carboxylic acids is 4. The summed E-state index contributed by atoms with van der Waals surface area (Å²) < 4.78 is 10.1. The van der Waals surface area contributed by atoms with Crippen LogP contribution in [0.2, 0.25) is 0 Å². The second kappa shape index (κ2) is 10.5. The average molecular weight is 493 g/mol. The molecule has 1 saturated heterocycles. The van der Waals surface area contributed by atoms with E-state index in [9.17, 15) is 19.2 Å². The van der Waals surface area contributed by atoms with Crippen LogP contribution in [0, 0.1) is 0 Å². The first-order chi connectivity index (χ1) is 16.9. The van der Waals surface area contributed by atoms with E-state index in [4.69, 9.17) is 9.47 Å².